The van der Waals surface area contributed by atoms with Gasteiger partial charge in [0, 0.05) is 13.1 Å². The minimum Gasteiger partial charge on any atom is -0.315 e. The largest absolute Gasteiger partial charge is 0.315 e. The van der Waals surface area contributed by atoms with Gasteiger partial charge in [-0.15, -0.1) is 12.8 Å². The Hall–Kier alpha value is -0.520. The van der Waals surface area contributed by atoms with Gasteiger partial charge in [-0.05, 0) is 26.6 Å². The van der Waals surface area contributed by atoms with Crippen molar-refractivity contribution in [3.8, 4) is 12.8 Å². The highest BCUT2D eigenvalue weighted by Gasteiger charge is 2.00. The second-order valence-electron chi connectivity index (χ2n) is 2.41. The molecular weight excluding hydrogens is 148 g/mol. The molecule has 1 rings (SSSR count). The maximum Gasteiger partial charge on any atom is 0.0104 e. The van der Waals surface area contributed by atoms with E-state index >= 15 is 0 Å². The quantitative estimate of drug-likeness (QED) is 0.549. The van der Waals surface area contributed by atoms with Crippen LogP contribution in [0, 0.1) is 12.8 Å². The number of rotatable bonds is 0. The van der Waals surface area contributed by atoms with Crippen molar-refractivity contribution in [3.63, 3.8) is 0 Å². The van der Waals surface area contributed by atoms with E-state index in [2.05, 4.69) is 30.1 Å². The van der Waals surface area contributed by atoms with Gasteiger partial charge in [0.25, 0.3) is 0 Å². The van der Waals surface area contributed by atoms with Crippen molar-refractivity contribution in [2.24, 2.45) is 0 Å². The minimum atomic E-state index is 1.16. The van der Waals surface area contributed by atoms with Gasteiger partial charge in [-0.1, -0.05) is 13.8 Å². The smallest absolute Gasteiger partial charge is 0.0104 e. The van der Waals surface area contributed by atoms with Gasteiger partial charge in [-0.25, -0.2) is 0 Å². The zero-order valence-corrected chi connectivity index (χ0v) is 8.64. The minimum absolute atomic E-state index is 1.16. The molecule has 2 nitrogen and oxygen atoms in total. The third-order valence-electron chi connectivity index (χ3n) is 1.56. The molecule has 72 valence electrons. The summed E-state index contributed by atoms with van der Waals surface area (Å²) in [5.41, 5.74) is 0. The summed E-state index contributed by atoms with van der Waals surface area (Å²) >= 11 is 0. The van der Waals surface area contributed by atoms with Gasteiger partial charge in [-0.2, -0.15) is 0 Å². The summed E-state index contributed by atoms with van der Waals surface area (Å²) in [6.45, 7) is 8.83. The van der Waals surface area contributed by atoms with E-state index in [1.165, 1.54) is 26.1 Å². The maximum atomic E-state index is 4.00. The van der Waals surface area contributed by atoms with Crippen molar-refractivity contribution in [2.75, 3.05) is 33.2 Å². The predicted octanol–water partition coefficient (Wildman–Crippen LogP) is 1.19. The first-order chi connectivity index (χ1) is 5.89. The average Bonchev–Trinajstić information content (AvgIpc) is 2.40. The molecule has 1 saturated heterocycles. The molecular formula is C10H22N2. The first-order valence-electron chi connectivity index (χ1n) is 4.62. The van der Waals surface area contributed by atoms with Crippen LogP contribution in [-0.4, -0.2) is 38.1 Å². The molecule has 0 atom stereocenters. The number of likely N-dealkylation sites (N-methyl/N-ethyl adjacent to an activating group) is 1. The summed E-state index contributed by atoms with van der Waals surface area (Å²) in [4.78, 5) is 2.36. The van der Waals surface area contributed by atoms with Crippen LogP contribution in [0.4, 0.5) is 0 Å². The standard InChI is InChI=1S/C6H14N2.C2H6.C2H2/c1-8-5-2-3-7-4-6-8;2*1-2/h7H,2-6H2,1H3;1-2H3;1-2H. The molecule has 1 fully saturated rings. The summed E-state index contributed by atoms with van der Waals surface area (Å²) in [6.07, 6.45) is 9.30. The Morgan fingerprint density at radius 3 is 2.25 bits per heavy atom. The molecule has 0 aromatic carbocycles. The van der Waals surface area contributed by atoms with E-state index in [-0.39, 0.29) is 0 Å². The lowest BCUT2D eigenvalue weighted by Gasteiger charge is -2.09. The Kier molecular flexibility index (Phi) is 15.3. The van der Waals surface area contributed by atoms with Crippen LogP contribution in [0.25, 0.3) is 0 Å². The number of hydrogen-bond donors (Lipinski definition) is 1. The Bertz CT molecular complexity index is 81.1. The SMILES string of the molecule is C#C.CC.CN1CCCNCC1. The second-order valence-corrected chi connectivity index (χ2v) is 2.41. The van der Waals surface area contributed by atoms with E-state index in [1.54, 1.807) is 0 Å². The number of hydrogen-bond acceptors (Lipinski definition) is 2. The third-order valence-corrected chi connectivity index (χ3v) is 1.56. The predicted molar refractivity (Wildman–Crippen MR) is 56.2 cm³/mol. The zero-order chi connectivity index (χ0) is 9.82. The summed E-state index contributed by atoms with van der Waals surface area (Å²) in [7, 11) is 2.17. The Morgan fingerprint density at radius 2 is 1.67 bits per heavy atom. The van der Waals surface area contributed by atoms with E-state index in [4.69, 9.17) is 0 Å². The first-order valence-corrected chi connectivity index (χ1v) is 4.62. The zero-order valence-electron chi connectivity index (χ0n) is 8.64. The fourth-order valence-corrected chi connectivity index (χ4v) is 0.981. The van der Waals surface area contributed by atoms with Gasteiger partial charge >= 0.3 is 0 Å². The molecule has 1 heterocycles. The van der Waals surface area contributed by atoms with Crippen LogP contribution in [0.1, 0.15) is 20.3 Å². The monoisotopic (exact) mass is 170 g/mol. The van der Waals surface area contributed by atoms with Gasteiger partial charge in [0.1, 0.15) is 0 Å². The van der Waals surface area contributed by atoms with Crippen molar-refractivity contribution < 1.29 is 0 Å². The summed E-state index contributed by atoms with van der Waals surface area (Å²) in [5, 5.41) is 3.34. The highest BCUT2D eigenvalue weighted by molar-refractivity contribution is 4.60. The molecule has 0 aromatic heterocycles. The molecule has 2 heteroatoms. The van der Waals surface area contributed by atoms with Gasteiger partial charge in [-0.3, -0.25) is 0 Å². The van der Waals surface area contributed by atoms with Gasteiger partial charge < -0.3 is 10.2 Å². The van der Waals surface area contributed by atoms with Gasteiger partial charge in [0.15, 0.2) is 0 Å². The van der Waals surface area contributed by atoms with Crippen LogP contribution in [0.3, 0.4) is 0 Å². The molecule has 1 N–H and O–H groups in total. The van der Waals surface area contributed by atoms with Crippen molar-refractivity contribution in [3.05, 3.63) is 0 Å². The van der Waals surface area contributed by atoms with Gasteiger partial charge in [0.2, 0.25) is 0 Å². The fraction of sp³-hybridized carbons (Fsp3) is 0.800. The average molecular weight is 170 g/mol. The Balaban J connectivity index is 0. The van der Waals surface area contributed by atoms with Crippen LogP contribution in [0.2, 0.25) is 0 Å². The van der Waals surface area contributed by atoms with E-state index < -0.39 is 0 Å². The topological polar surface area (TPSA) is 15.3 Å². The highest BCUT2D eigenvalue weighted by atomic mass is 15.1. The lowest BCUT2D eigenvalue weighted by atomic mass is 10.4. The molecule has 1 aliphatic heterocycles. The van der Waals surface area contributed by atoms with E-state index in [9.17, 15) is 0 Å². The summed E-state index contributed by atoms with van der Waals surface area (Å²) < 4.78 is 0. The summed E-state index contributed by atoms with van der Waals surface area (Å²) in [5.74, 6) is 0. The summed E-state index contributed by atoms with van der Waals surface area (Å²) in [6, 6.07) is 0. The number of terminal acetylenes is 1. The molecule has 0 aromatic rings. The van der Waals surface area contributed by atoms with Crippen LogP contribution in [0.15, 0.2) is 0 Å². The number of nitrogens with one attached hydrogen (secondary N) is 1. The van der Waals surface area contributed by atoms with Gasteiger partial charge in [0.05, 0.1) is 0 Å². The third kappa shape index (κ3) is 9.48. The normalized spacial score (nSPS) is 17.4. The molecule has 1 aliphatic rings. The molecule has 0 unspecified atom stereocenters. The lowest BCUT2D eigenvalue weighted by molar-refractivity contribution is 0.358. The van der Waals surface area contributed by atoms with Crippen molar-refractivity contribution in [1.82, 2.24) is 10.2 Å². The van der Waals surface area contributed by atoms with E-state index in [1.807, 2.05) is 13.8 Å². The van der Waals surface area contributed by atoms with Crippen molar-refractivity contribution >= 4 is 0 Å². The molecule has 0 radical (unpaired) electrons. The van der Waals surface area contributed by atoms with Crippen LogP contribution >= 0.6 is 0 Å². The fourth-order valence-electron chi connectivity index (χ4n) is 0.981. The Morgan fingerprint density at radius 1 is 1.08 bits per heavy atom. The van der Waals surface area contributed by atoms with Crippen molar-refractivity contribution in [2.45, 2.75) is 20.3 Å². The second kappa shape index (κ2) is 13.1. The van der Waals surface area contributed by atoms with E-state index in [0.717, 1.165) is 6.54 Å². The molecule has 0 spiro atoms. The van der Waals surface area contributed by atoms with Crippen LogP contribution < -0.4 is 5.32 Å². The van der Waals surface area contributed by atoms with Crippen molar-refractivity contribution in [1.29, 1.82) is 0 Å². The lowest BCUT2D eigenvalue weighted by Crippen LogP contribution is -2.23. The number of nitrogens with zero attached hydrogens (tertiary/aromatic N) is 1. The van der Waals surface area contributed by atoms with Crippen LogP contribution in [-0.2, 0) is 0 Å². The molecule has 0 saturated carbocycles. The highest BCUT2D eigenvalue weighted by Crippen LogP contribution is 1.88. The molecule has 0 aliphatic carbocycles. The molecule has 0 bridgehead atoms. The molecule has 0 amide bonds. The maximum absolute atomic E-state index is 4.00. The Labute approximate surface area is 77.3 Å². The van der Waals surface area contributed by atoms with E-state index in [0.29, 0.717) is 0 Å². The molecule has 12 heavy (non-hydrogen) atoms. The van der Waals surface area contributed by atoms with Crippen LogP contribution in [0.5, 0.6) is 0 Å². The first kappa shape index (κ1) is 14.0.